The number of aliphatic hydroxyl groups excluding tert-OH is 1. The highest BCUT2D eigenvalue weighted by atomic mass is 16.3. The van der Waals surface area contributed by atoms with Crippen molar-refractivity contribution in [1.29, 1.82) is 0 Å². The molecule has 1 aromatic carbocycles. The van der Waals surface area contributed by atoms with Gasteiger partial charge < -0.3 is 15.3 Å². The number of allylic oxidation sites excluding steroid dienone is 2. The summed E-state index contributed by atoms with van der Waals surface area (Å²) in [6.07, 6.45) is 2.70. The van der Waals surface area contributed by atoms with Crippen LogP contribution in [0.5, 0.6) is 11.5 Å². The topological polar surface area (TPSA) is 77.8 Å². The number of phenolic OH excluding ortho intramolecular Hbond substituents is 2. The van der Waals surface area contributed by atoms with E-state index >= 15 is 0 Å². The van der Waals surface area contributed by atoms with Crippen LogP contribution in [0.1, 0.15) is 56.0 Å². The van der Waals surface area contributed by atoms with Crippen LogP contribution in [0.15, 0.2) is 23.5 Å². The van der Waals surface area contributed by atoms with E-state index in [1.807, 2.05) is 20.8 Å². The van der Waals surface area contributed by atoms with Gasteiger partial charge in [0.05, 0.1) is 0 Å². The van der Waals surface area contributed by atoms with E-state index in [2.05, 4.69) is 0 Å². The van der Waals surface area contributed by atoms with Crippen LogP contribution < -0.4 is 0 Å². The lowest BCUT2D eigenvalue weighted by Gasteiger charge is -2.48. The second-order valence-corrected chi connectivity index (χ2v) is 7.01. The number of hydrogen-bond donors (Lipinski definition) is 3. The van der Waals surface area contributed by atoms with Crippen molar-refractivity contribution in [3.63, 3.8) is 0 Å². The SMILES string of the molecule is CC1(C)CCC[C@@]2(C)C1=C(O)C(=O)c1cc(O)c(O)cc12. The number of aromatic hydroxyl groups is 2. The molecule has 1 saturated carbocycles. The summed E-state index contributed by atoms with van der Waals surface area (Å²) < 4.78 is 0. The Bertz CT molecular complexity index is 684. The summed E-state index contributed by atoms with van der Waals surface area (Å²) in [6, 6.07) is 2.73. The Labute approximate surface area is 123 Å². The van der Waals surface area contributed by atoms with Crippen molar-refractivity contribution >= 4 is 5.78 Å². The second kappa shape index (κ2) is 4.03. The molecule has 0 saturated heterocycles. The molecule has 2 aliphatic carbocycles. The number of carbonyl (C=O) groups excluding carboxylic acids is 1. The maximum atomic E-state index is 12.5. The van der Waals surface area contributed by atoms with Crippen LogP contribution >= 0.6 is 0 Å². The monoisotopic (exact) mass is 288 g/mol. The molecule has 3 N–H and O–H groups in total. The van der Waals surface area contributed by atoms with Crippen LogP contribution in [-0.2, 0) is 5.41 Å². The predicted molar refractivity (Wildman–Crippen MR) is 78.7 cm³/mol. The highest BCUT2D eigenvalue weighted by molar-refractivity contribution is 6.11. The normalized spacial score (nSPS) is 27.3. The first kappa shape index (κ1) is 14.0. The van der Waals surface area contributed by atoms with Crippen molar-refractivity contribution in [2.45, 2.75) is 45.4 Å². The van der Waals surface area contributed by atoms with Crippen LogP contribution in [0.2, 0.25) is 0 Å². The first-order valence-electron chi connectivity index (χ1n) is 7.24. The largest absolute Gasteiger partial charge is 0.504 e. The molecule has 1 aromatic rings. The van der Waals surface area contributed by atoms with Crippen LogP contribution in [0.3, 0.4) is 0 Å². The Morgan fingerprint density at radius 2 is 1.62 bits per heavy atom. The molecule has 21 heavy (non-hydrogen) atoms. The fourth-order valence-corrected chi connectivity index (χ4v) is 4.19. The van der Waals surface area contributed by atoms with E-state index in [4.69, 9.17) is 0 Å². The molecule has 0 spiro atoms. The van der Waals surface area contributed by atoms with Crippen molar-refractivity contribution in [3.05, 3.63) is 34.6 Å². The number of rotatable bonds is 0. The maximum Gasteiger partial charge on any atom is 0.227 e. The van der Waals surface area contributed by atoms with Gasteiger partial charge in [-0.1, -0.05) is 27.2 Å². The fourth-order valence-electron chi connectivity index (χ4n) is 4.19. The van der Waals surface area contributed by atoms with E-state index in [-0.39, 0.29) is 28.2 Å². The lowest BCUT2D eigenvalue weighted by atomic mass is 9.55. The number of Topliss-reactive ketones (excluding diaryl/α,β-unsaturated/α-hetero) is 1. The smallest absolute Gasteiger partial charge is 0.227 e. The zero-order valence-corrected chi connectivity index (χ0v) is 12.5. The summed E-state index contributed by atoms with van der Waals surface area (Å²) >= 11 is 0. The lowest BCUT2D eigenvalue weighted by Crippen LogP contribution is -2.43. The highest BCUT2D eigenvalue weighted by Gasteiger charge is 2.50. The van der Waals surface area contributed by atoms with Gasteiger partial charge >= 0.3 is 0 Å². The lowest BCUT2D eigenvalue weighted by molar-refractivity contribution is 0.0940. The minimum absolute atomic E-state index is 0.195. The van der Waals surface area contributed by atoms with Crippen LogP contribution in [0, 0.1) is 5.41 Å². The third kappa shape index (κ3) is 1.71. The standard InChI is InChI=1S/C17H20O4/c1-16(2)5-4-6-17(3)10-8-12(19)11(18)7-9(10)13(20)14(21)15(16)17/h7-8,18-19,21H,4-6H2,1-3H3/t17-/m1/s1. The second-order valence-electron chi connectivity index (χ2n) is 7.01. The molecule has 0 heterocycles. The van der Waals surface area contributed by atoms with E-state index in [1.54, 1.807) is 0 Å². The molecule has 112 valence electrons. The average molecular weight is 288 g/mol. The Morgan fingerprint density at radius 1 is 1.00 bits per heavy atom. The Morgan fingerprint density at radius 3 is 2.29 bits per heavy atom. The molecule has 4 heteroatoms. The summed E-state index contributed by atoms with van der Waals surface area (Å²) in [5.41, 5.74) is 0.983. The molecule has 0 bridgehead atoms. The molecule has 4 nitrogen and oxygen atoms in total. The predicted octanol–water partition coefficient (Wildman–Crippen LogP) is 3.57. The number of benzene rings is 1. The number of aliphatic hydroxyl groups is 1. The molecule has 1 fully saturated rings. The van der Waals surface area contributed by atoms with Gasteiger partial charge in [-0.2, -0.15) is 0 Å². The van der Waals surface area contributed by atoms with Crippen LogP contribution in [-0.4, -0.2) is 21.1 Å². The molecule has 0 radical (unpaired) electrons. The molecule has 2 aliphatic rings. The molecule has 0 amide bonds. The number of hydrogen-bond acceptors (Lipinski definition) is 4. The first-order chi connectivity index (χ1) is 9.68. The summed E-state index contributed by atoms with van der Waals surface area (Å²) in [4.78, 5) is 12.5. The van der Waals surface area contributed by atoms with Gasteiger partial charge in [-0.3, -0.25) is 4.79 Å². The van der Waals surface area contributed by atoms with Gasteiger partial charge in [0.1, 0.15) is 0 Å². The third-order valence-electron chi connectivity index (χ3n) is 5.11. The van der Waals surface area contributed by atoms with E-state index < -0.39 is 11.2 Å². The van der Waals surface area contributed by atoms with E-state index in [1.165, 1.54) is 12.1 Å². The number of ketones is 1. The van der Waals surface area contributed by atoms with Gasteiger partial charge in [0, 0.05) is 11.0 Å². The molecule has 0 unspecified atom stereocenters. The zero-order chi connectivity index (χ0) is 15.6. The number of phenols is 2. The van der Waals surface area contributed by atoms with Gasteiger partial charge in [0.25, 0.3) is 0 Å². The third-order valence-corrected chi connectivity index (χ3v) is 5.11. The summed E-state index contributed by atoms with van der Waals surface area (Å²) in [5, 5.41) is 30.0. The van der Waals surface area contributed by atoms with Gasteiger partial charge in [0.15, 0.2) is 17.3 Å². The summed E-state index contributed by atoms with van der Waals surface area (Å²) in [6.45, 7) is 6.07. The highest BCUT2D eigenvalue weighted by Crippen LogP contribution is 2.56. The zero-order valence-electron chi connectivity index (χ0n) is 12.5. The van der Waals surface area contributed by atoms with Crippen molar-refractivity contribution in [2.24, 2.45) is 5.41 Å². The molecular weight excluding hydrogens is 268 g/mol. The van der Waals surface area contributed by atoms with Crippen molar-refractivity contribution in [3.8, 4) is 11.5 Å². The minimum atomic E-state index is -0.486. The van der Waals surface area contributed by atoms with Gasteiger partial charge in [-0.15, -0.1) is 0 Å². The molecule has 1 atom stereocenters. The van der Waals surface area contributed by atoms with Gasteiger partial charge in [0.2, 0.25) is 5.78 Å². The minimum Gasteiger partial charge on any atom is -0.504 e. The van der Waals surface area contributed by atoms with E-state index in [0.29, 0.717) is 5.56 Å². The first-order valence-corrected chi connectivity index (χ1v) is 7.24. The van der Waals surface area contributed by atoms with Crippen LogP contribution in [0.25, 0.3) is 0 Å². The number of fused-ring (bicyclic) bond motifs is 3. The van der Waals surface area contributed by atoms with Gasteiger partial charge in [-0.05, 0) is 41.5 Å². The quantitative estimate of drug-likeness (QED) is 0.638. The molecule has 3 rings (SSSR count). The average Bonchev–Trinajstić information content (AvgIpc) is 2.37. The Balaban J connectivity index is 2.35. The van der Waals surface area contributed by atoms with E-state index in [9.17, 15) is 20.1 Å². The fraction of sp³-hybridized carbons (Fsp3) is 0.471. The van der Waals surface area contributed by atoms with E-state index in [0.717, 1.165) is 24.8 Å². The van der Waals surface area contributed by atoms with Gasteiger partial charge in [-0.25, -0.2) is 0 Å². The van der Waals surface area contributed by atoms with Crippen molar-refractivity contribution in [1.82, 2.24) is 0 Å². The van der Waals surface area contributed by atoms with Crippen molar-refractivity contribution < 1.29 is 20.1 Å². The molecular formula is C17H20O4. The summed E-state index contributed by atoms with van der Waals surface area (Å²) in [5.74, 6) is -1.23. The number of carbonyl (C=O) groups is 1. The maximum absolute atomic E-state index is 12.5. The summed E-state index contributed by atoms with van der Waals surface area (Å²) in [7, 11) is 0. The Hall–Kier alpha value is -1.97. The Kier molecular flexibility index (Phi) is 2.68. The van der Waals surface area contributed by atoms with Crippen molar-refractivity contribution in [2.75, 3.05) is 0 Å². The van der Waals surface area contributed by atoms with Crippen LogP contribution in [0.4, 0.5) is 0 Å². The molecule has 0 aromatic heterocycles. The molecule has 0 aliphatic heterocycles.